The van der Waals surface area contributed by atoms with Gasteiger partial charge in [0.05, 0.1) is 5.52 Å². The Kier molecular flexibility index (Phi) is 4.84. The van der Waals surface area contributed by atoms with E-state index >= 15 is 0 Å². The van der Waals surface area contributed by atoms with E-state index in [4.69, 9.17) is 0 Å². The lowest BCUT2D eigenvalue weighted by Crippen LogP contribution is -2.35. The number of aromatic nitrogens is 1. The van der Waals surface area contributed by atoms with Crippen molar-refractivity contribution in [3.63, 3.8) is 0 Å². The van der Waals surface area contributed by atoms with E-state index < -0.39 is 0 Å². The molecule has 0 amide bonds. The average molecular weight is 283 g/mol. The van der Waals surface area contributed by atoms with Gasteiger partial charge in [0, 0.05) is 30.7 Å². The maximum Gasteiger partial charge on any atom is 0.0705 e. The number of aryl methyl sites for hydroxylation is 1. The lowest BCUT2D eigenvalue weighted by Gasteiger charge is -2.26. The Balaban J connectivity index is 1.49. The molecule has 0 saturated carbocycles. The lowest BCUT2D eigenvalue weighted by molar-refractivity contribution is 0.229. The highest BCUT2D eigenvalue weighted by Crippen LogP contribution is 2.14. The second-order valence-corrected chi connectivity index (χ2v) is 6.06. The smallest absolute Gasteiger partial charge is 0.0705 e. The molecule has 2 heterocycles. The monoisotopic (exact) mass is 283 g/mol. The standard InChI is InChI=1S/C18H25N3/c1-15-5-7-17-13-16(6-8-18(17)20-15)14-19-9-12-21-10-3-2-4-11-21/h5-8,13,19H,2-4,9-12,14H2,1H3. The quantitative estimate of drug-likeness (QED) is 0.855. The topological polar surface area (TPSA) is 28.2 Å². The van der Waals surface area contributed by atoms with Gasteiger partial charge in [-0.2, -0.15) is 0 Å². The van der Waals surface area contributed by atoms with Crippen molar-refractivity contribution in [2.24, 2.45) is 0 Å². The summed E-state index contributed by atoms with van der Waals surface area (Å²) >= 11 is 0. The molecule has 0 atom stereocenters. The predicted octanol–water partition coefficient (Wildman–Crippen LogP) is 3.12. The van der Waals surface area contributed by atoms with Crippen molar-refractivity contribution < 1.29 is 0 Å². The molecule has 3 rings (SSSR count). The summed E-state index contributed by atoms with van der Waals surface area (Å²) < 4.78 is 0. The van der Waals surface area contributed by atoms with Gasteiger partial charge in [-0.1, -0.05) is 18.6 Å². The molecule has 112 valence electrons. The number of rotatable bonds is 5. The van der Waals surface area contributed by atoms with Crippen LogP contribution < -0.4 is 5.32 Å². The molecular weight excluding hydrogens is 258 g/mol. The van der Waals surface area contributed by atoms with Crippen LogP contribution in [-0.2, 0) is 6.54 Å². The minimum absolute atomic E-state index is 0.942. The highest BCUT2D eigenvalue weighted by atomic mass is 15.1. The molecule has 1 saturated heterocycles. The molecule has 1 fully saturated rings. The molecule has 3 heteroatoms. The van der Waals surface area contributed by atoms with Crippen molar-refractivity contribution in [3.05, 3.63) is 41.6 Å². The van der Waals surface area contributed by atoms with E-state index in [1.165, 1.54) is 49.8 Å². The van der Waals surface area contributed by atoms with Gasteiger partial charge in [-0.3, -0.25) is 4.98 Å². The fraction of sp³-hybridized carbons (Fsp3) is 0.500. The van der Waals surface area contributed by atoms with Crippen LogP contribution in [0.15, 0.2) is 30.3 Å². The van der Waals surface area contributed by atoms with Crippen LogP contribution in [0.2, 0.25) is 0 Å². The van der Waals surface area contributed by atoms with Crippen molar-refractivity contribution in [2.45, 2.75) is 32.7 Å². The Labute approximate surface area is 127 Å². The summed E-state index contributed by atoms with van der Waals surface area (Å²) in [5.74, 6) is 0. The van der Waals surface area contributed by atoms with Crippen molar-refractivity contribution in [1.29, 1.82) is 0 Å². The molecule has 2 aromatic rings. The molecule has 1 aliphatic rings. The largest absolute Gasteiger partial charge is 0.311 e. The summed E-state index contributed by atoms with van der Waals surface area (Å²) in [6, 6.07) is 10.8. The van der Waals surface area contributed by atoms with Gasteiger partial charge in [0.2, 0.25) is 0 Å². The molecule has 1 aromatic heterocycles. The number of pyridine rings is 1. The fourth-order valence-corrected chi connectivity index (χ4v) is 3.04. The van der Waals surface area contributed by atoms with Crippen LogP contribution in [0.3, 0.4) is 0 Å². The first-order valence-electron chi connectivity index (χ1n) is 8.11. The Morgan fingerprint density at radius 1 is 1.10 bits per heavy atom. The van der Waals surface area contributed by atoms with E-state index in [-0.39, 0.29) is 0 Å². The van der Waals surface area contributed by atoms with Crippen LogP contribution in [0.1, 0.15) is 30.5 Å². The zero-order valence-corrected chi connectivity index (χ0v) is 12.9. The summed E-state index contributed by atoms with van der Waals surface area (Å²) in [6.45, 7) is 7.79. The number of piperidine rings is 1. The van der Waals surface area contributed by atoms with Crippen molar-refractivity contribution >= 4 is 10.9 Å². The minimum atomic E-state index is 0.942. The van der Waals surface area contributed by atoms with E-state index in [0.717, 1.165) is 24.3 Å². The van der Waals surface area contributed by atoms with Gasteiger partial charge in [0.15, 0.2) is 0 Å². The zero-order valence-electron chi connectivity index (χ0n) is 12.9. The summed E-state index contributed by atoms with van der Waals surface area (Å²) in [6.07, 6.45) is 4.16. The summed E-state index contributed by atoms with van der Waals surface area (Å²) in [4.78, 5) is 7.12. The molecule has 0 bridgehead atoms. The molecule has 0 aliphatic carbocycles. The van der Waals surface area contributed by atoms with E-state index in [1.54, 1.807) is 0 Å². The predicted molar refractivity (Wildman–Crippen MR) is 88.5 cm³/mol. The molecule has 21 heavy (non-hydrogen) atoms. The van der Waals surface area contributed by atoms with E-state index in [2.05, 4.69) is 45.5 Å². The summed E-state index contributed by atoms with van der Waals surface area (Å²) in [5.41, 5.74) is 3.51. The average Bonchev–Trinajstić information content (AvgIpc) is 2.52. The third kappa shape index (κ3) is 4.02. The third-order valence-electron chi connectivity index (χ3n) is 4.28. The Morgan fingerprint density at radius 2 is 1.95 bits per heavy atom. The molecular formula is C18H25N3. The molecule has 0 radical (unpaired) electrons. The number of likely N-dealkylation sites (tertiary alicyclic amines) is 1. The number of benzene rings is 1. The maximum absolute atomic E-state index is 4.55. The van der Waals surface area contributed by atoms with Crippen LogP contribution in [-0.4, -0.2) is 36.1 Å². The highest BCUT2D eigenvalue weighted by Gasteiger charge is 2.08. The van der Waals surface area contributed by atoms with Crippen molar-refractivity contribution in [3.8, 4) is 0 Å². The van der Waals surface area contributed by atoms with Gasteiger partial charge in [-0.15, -0.1) is 0 Å². The Hall–Kier alpha value is -1.45. The van der Waals surface area contributed by atoms with Gasteiger partial charge < -0.3 is 10.2 Å². The summed E-state index contributed by atoms with van der Waals surface area (Å²) in [7, 11) is 0. The summed E-state index contributed by atoms with van der Waals surface area (Å²) in [5, 5.41) is 4.80. The first-order chi connectivity index (χ1) is 10.3. The van der Waals surface area contributed by atoms with Gasteiger partial charge >= 0.3 is 0 Å². The van der Waals surface area contributed by atoms with Crippen LogP contribution >= 0.6 is 0 Å². The first kappa shape index (κ1) is 14.5. The third-order valence-corrected chi connectivity index (χ3v) is 4.28. The van der Waals surface area contributed by atoms with Crippen molar-refractivity contribution in [2.75, 3.05) is 26.2 Å². The van der Waals surface area contributed by atoms with Crippen LogP contribution in [0.25, 0.3) is 10.9 Å². The molecule has 1 aliphatic heterocycles. The molecule has 0 spiro atoms. The zero-order chi connectivity index (χ0) is 14.5. The number of fused-ring (bicyclic) bond motifs is 1. The molecule has 0 unspecified atom stereocenters. The van der Waals surface area contributed by atoms with E-state index in [1.807, 2.05) is 6.92 Å². The maximum atomic E-state index is 4.55. The lowest BCUT2D eigenvalue weighted by atomic mass is 10.1. The first-order valence-corrected chi connectivity index (χ1v) is 8.11. The number of nitrogens with zero attached hydrogens (tertiary/aromatic N) is 2. The molecule has 1 N–H and O–H groups in total. The van der Waals surface area contributed by atoms with E-state index in [0.29, 0.717) is 0 Å². The fourth-order valence-electron chi connectivity index (χ4n) is 3.04. The number of hydrogen-bond donors (Lipinski definition) is 1. The SMILES string of the molecule is Cc1ccc2cc(CNCCN3CCCCC3)ccc2n1. The van der Waals surface area contributed by atoms with Gasteiger partial charge in [-0.05, 0) is 56.6 Å². The van der Waals surface area contributed by atoms with Crippen LogP contribution in [0, 0.1) is 6.92 Å². The Morgan fingerprint density at radius 3 is 2.81 bits per heavy atom. The van der Waals surface area contributed by atoms with Crippen LogP contribution in [0.5, 0.6) is 0 Å². The number of nitrogens with one attached hydrogen (secondary N) is 1. The van der Waals surface area contributed by atoms with Crippen LogP contribution in [0.4, 0.5) is 0 Å². The normalized spacial score (nSPS) is 16.4. The van der Waals surface area contributed by atoms with Gasteiger partial charge in [0.25, 0.3) is 0 Å². The van der Waals surface area contributed by atoms with Gasteiger partial charge in [0.1, 0.15) is 0 Å². The highest BCUT2D eigenvalue weighted by molar-refractivity contribution is 5.79. The number of hydrogen-bond acceptors (Lipinski definition) is 3. The molecule has 3 nitrogen and oxygen atoms in total. The Bertz CT molecular complexity index is 588. The second-order valence-electron chi connectivity index (χ2n) is 6.06. The molecule has 1 aromatic carbocycles. The minimum Gasteiger partial charge on any atom is -0.311 e. The van der Waals surface area contributed by atoms with Crippen molar-refractivity contribution in [1.82, 2.24) is 15.2 Å². The van der Waals surface area contributed by atoms with E-state index in [9.17, 15) is 0 Å². The second kappa shape index (κ2) is 7.01. The van der Waals surface area contributed by atoms with Gasteiger partial charge in [-0.25, -0.2) is 0 Å².